The van der Waals surface area contributed by atoms with Crippen molar-refractivity contribution in [1.29, 1.82) is 0 Å². The first-order valence-electron chi connectivity index (χ1n) is 3.08. The lowest BCUT2D eigenvalue weighted by Crippen LogP contribution is -1.91. The van der Waals surface area contributed by atoms with E-state index in [4.69, 9.17) is 5.11 Å². The van der Waals surface area contributed by atoms with Gasteiger partial charge >= 0.3 is 0 Å². The number of aromatic nitrogens is 2. The van der Waals surface area contributed by atoms with Crippen molar-refractivity contribution in [2.75, 3.05) is 0 Å². The summed E-state index contributed by atoms with van der Waals surface area (Å²) in [5, 5.41) is 12.1. The normalized spacial score (nSPS) is 10.6. The fourth-order valence-corrected chi connectivity index (χ4v) is 0.712. The Bertz CT molecular complexity index is 288. The van der Waals surface area contributed by atoms with Gasteiger partial charge in [-0.2, -0.15) is 5.10 Å². The number of carbonyl (C=O) groups is 1. The monoisotopic (exact) mass is 152 g/mol. The van der Waals surface area contributed by atoms with Gasteiger partial charge in [-0.25, -0.2) is 0 Å². The molecule has 0 unspecified atom stereocenters. The summed E-state index contributed by atoms with van der Waals surface area (Å²) in [5.41, 5.74) is 0.470. The Morgan fingerprint density at radius 3 is 3.00 bits per heavy atom. The Labute approximate surface area is 63.8 Å². The van der Waals surface area contributed by atoms with E-state index in [1.165, 1.54) is 10.9 Å². The molecule has 0 amide bonds. The molecule has 0 radical (unpaired) electrons. The fraction of sp³-hybridized carbons (Fsp3) is 0.143. The molecule has 0 aliphatic heterocycles. The van der Waals surface area contributed by atoms with Gasteiger partial charge in [0.15, 0.2) is 5.78 Å². The van der Waals surface area contributed by atoms with Crippen molar-refractivity contribution in [3.05, 3.63) is 30.3 Å². The van der Waals surface area contributed by atoms with Gasteiger partial charge in [-0.05, 0) is 0 Å². The number of ketones is 1. The molecule has 0 aliphatic rings. The second-order valence-corrected chi connectivity index (χ2v) is 2.08. The lowest BCUT2D eigenvalue weighted by molar-refractivity contribution is 0.104. The van der Waals surface area contributed by atoms with E-state index >= 15 is 0 Å². The average molecular weight is 152 g/mol. The van der Waals surface area contributed by atoms with E-state index in [2.05, 4.69) is 5.10 Å². The highest BCUT2D eigenvalue weighted by molar-refractivity contribution is 6.03. The standard InChI is InChI=1S/C7H8N2O2/c1-9-5-6(4-8-9)7(11)2-3-10/h2-5,10H,1H3/b3-2+. The molecule has 4 nitrogen and oxygen atoms in total. The van der Waals surface area contributed by atoms with Crippen LogP contribution in [0.3, 0.4) is 0 Å². The summed E-state index contributed by atoms with van der Waals surface area (Å²) in [5.74, 6) is -0.249. The molecule has 4 heteroatoms. The quantitative estimate of drug-likeness (QED) is 0.385. The highest BCUT2D eigenvalue weighted by Crippen LogP contribution is 1.97. The maximum Gasteiger partial charge on any atom is 0.192 e. The molecule has 1 aromatic rings. The number of aryl methyl sites for hydroxylation is 1. The van der Waals surface area contributed by atoms with Crippen LogP contribution in [0.1, 0.15) is 10.4 Å². The van der Waals surface area contributed by atoms with Crippen molar-refractivity contribution in [2.24, 2.45) is 7.05 Å². The molecule has 11 heavy (non-hydrogen) atoms. The topological polar surface area (TPSA) is 55.1 Å². The molecule has 0 saturated carbocycles. The molecule has 0 saturated heterocycles. The van der Waals surface area contributed by atoms with Gasteiger partial charge in [0.1, 0.15) is 0 Å². The Balaban J connectivity index is 2.85. The van der Waals surface area contributed by atoms with Crippen LogP contribution in [-0.4, -0.2) is 20.7 Å². The van der Waals surface area contributed by atoms with Crippen LogP contribution < -0.4 is 0 Å². The van der Waals surface area contributed by atoms with Crippen molar-refractivity contribution >= 4 is 5.78 Å². The van der Waals surface area contributed by atoms with Gasteiger partial charge < -0.3 is 5.11 Å². The second-order valence-electron chi connectivity index (χ2n) is 2.08. The van der Waals surface area contributed by atoms with Gasteiger partial charge in [-0.3, -0.25) is 9.48 Å². The molecule has 58 valence electrons. The lowest BCUT2D eigenvalue weighted by Gasteiger charge is -1.84. The maximum absolute atomic E-state index is 11.0. The molecule has 0 aliphatic carbocycles. The first-order chi connectivity index (χ1) is 5.24. The Kier molecular flexibility index (Phi) is 2.06. The van der Waals surface area contributed by atoms with Crippen LogP contribution >= 0.6 is 0 Å². The van der Waals surface area contributed by atoms with Gasteiger partial charge in [0.25, 0.3) is 0 Å². The third-order valence-electron chi connectivity index (χ3n) is 1.22. The highest BCUT2D eigenvalue weighted by atomic mass is 16.2. The summed E-state index contributed by atoms with van der Waals surface area (Å²) in [6.45, 7) is 0. The largest absolute Gasteiger partial charge is 0.515 e. The molecule has 0 atom stereocenters. The van der Waals surface area contributed by atoms with Crippen LogP contribution in [0.5, 0.6) is 0 Å². The van der Waals surface area contributed by atoms with Crippen molar-refractivity contribution in [3.63, 3.8) is 0 Å². The number of hydrogen-bond donors (Lipinski definition) is 1. The molecule has 1 rings (SSSR count). The molecule has 1 N–H and O–H groups in total. The van der Waals surface area contributed by atoms with Crippen LogP contribution in [0.15, 0.2) is 24.7 Å². The van der Waals surface area contributed by atoms with Gasteiger partial charge in [-0.1, -0.05) is 0 Å². The third-order valence-corrected chi connectivity index (χ3v) is 1.22. The van der Waals surface area contributed by atoms with E-state index in [0.717, 1.165) is 12.3 Å². The minimum atomic E-state index is -0.249. The van der Waals surface area contributed by atoms with Gasteiger partial charge in [-0.15, -0.1) is 0 Å². The van der Waals surface area contributed by atoms with Gasteiger partial charge in [0.2, 0.25) is 0 Å². The zero-order valence-electron chi connectivity index (χ0n) is 6.06. The van der Waals surface area contributed by atoms with E-state index in [9.17, 15) is 4.79 Å². The molecule has 0 spiro atoms. The minimum absolute atomic E-state index is 0.249. The van der Waals surface area contributed by atoms with Gasteiger partial charge in [0, 0.05) is 19.3 Å². The SMILES string of the molecule is Cn1cc(C(=O)/C=C/O)cn1. The predicted octanol–water partition coefficient (Wildman–Crippen LogP) is 0.674. The summed E-state index contributed by atoms with van der Waals surface area (Å²) in [6, 6.07) is 0. The first-order valence-corrected chi connectivity index (χ1v) is 3.08. The fourth-order valence-electron chi connectivity index (χ4n) is 0.712. The zero-order chi connectivity index (χ0) is 8.27. The van der Waals surface area contributed by atoms with Crippen LogP contribution in [0.4, 0.5) is 0 Å². The zero-order valence-corrected chi connectivity index (χ0v) is 6.06. The number of carbonyl (C=O) groups excluding carboxylic acids is 1. The molecule has 1 heterocycles. The maximum atomic E-state index is 11.0. The summed E-state index contributed by atoms with van der Waals surface area (Å²) in [6.07, 6.45) is 4.83. The van der Waals surface area contributed by atoms with Crippen molar-refractivity contribution in [3.8, 4) is 0 Å². The number of nitrogens with zero attached hydrogens (tertiary/aromatic N) is 2. The number of aliphatic hydroxyl groups excluding tert-OH is 1. The Morgan fingerprint density at radius 2 is 2.55 bits per heavy atom. The summed E-state index contributed by atoms with van der Waals surface area (Å²) >= 11 is 0. The van der Waals surface area contributed by atoms with E-state index in [1.807, 2.05) is 0 Å². The molecule has 1 aromatic heterocycles. The average Bonchev–Trinajstić information content (AvgIpc) is 2.36. The van der Waals surface area contributed by atoms with E-state index < -0.39 is 0 Å². The van der Waals surface area contributed by atoms with E-state index in [-0.39, 0.29) is 5.78 Å². The molecular formula is C7H8N2O2. The first kappa shape index (κ1) is 7.53. The molecule has 0 fully saturated rings. The van der Waals surface area contributed by atoms with E-state index in [1.54, 1.807) is 13.2 Å². The lowest BCUT2D eigenvalue weighted by atomic mass is 10.2. The Hall–Kier alpha value is -1.58. The molecular weight excluding hydrogens is 144 g/mol. The van der Waals surface area contributed by atoms with E-state index in [0.29, 0.717) is 5.56 Å². The Morgan fingerprint density at radius 1 is 1.82 bits per heavy atom. The number of allylic oxidation sites excluding steroid dienone is 1. The predicted molar refractivity (Wildman–Crippen MR) is 39.3 cm³/mol. The summed E-state index contributed by atoms with van der Waals surface area (Å²) in [7, 11) is 1.72. The summed E-state index contributed by atoms with van der Waals surface area (Å²) < 4.78 is 1.53. The number of rotatable bonds is 2. The van der Waals surface area contributed by atoms with Crippen LogP contribution in [0.2, 0.25) is 0 Å². The third kappa shape index (κ3) is 1.67. The van der Waals surface area contributed by atoms with Crippen molar-refractivity contribution in [1.82, 2.24) is 9.78 Å². The van der Waals surface area contributed by atoms with Crippen LogP contribution in [0.25, 0.3) is 0 Å². The van der Waals surface area contributed by atoms with Crippen LogP contribution in [-0.2, 0) is 7.05 Å². The number of hydrogen-bond acceptors (Lipinski definition) is 3. The number of aliphatic hydroxyl groups is 1. The minimum Gasteiger partial charge on any atom is -0.515 e. The van der Waals surface area contributed by atoms with Crippen molar-refractivity contribution < 1.29 is 9.90 Å². The molecule has 0 aromatic carbocycles. The second kappa shape index (κ2) is 3.01. The van der Waals surface area contributed by atoms with Gasteiger partial charge in [0.05, 0.1) is 18.0 Å². The molecule has 0 bridgehead atoms. The highest BCUT2D eigenvalue weighted by Gasteiger charge is 2.02. The summed E-state index contributed by atoms with van der Waals surface area (Å²) in [4.78, 5) is 11.0. The van der Waals surface area contributed by atoms with Crippen LogP contribution in [0, 0.1) is 0 Å². The van der Waals surface area contributed by atoms with Crippen molar-refractivity contribution in [2.45, 2.75) is 0 Å². The smallest absolute Gasteiger partial charge is 0.192 e.